The zero-order chi connectivity index (χ0) is 16.4. The van der Waals surface area contributed by atoms with Crippen molar-refractivity contribution >= 4 is 27.9 Å². The molecule has 0 bridgehead atoms. The molecular weight excluding hydrogens is 348 g/mol. The van der Waals surface area contributed by atoms with E-state index in [1.165, 1.54) is 0 Å². The molecule has 2 amide bonds. The summed E-state index contributed by atoms with van der Waals surface area (Å²) in [6.07, 6.45) is 4.64. The van der Waals surface area contributed by atoms with E-state index in [9.17, 15) is 9.59 Å². The lowest BCUT2D eigenvalue weighted by Crippen LogP contribution is -2.53. The Balaban J connectivity index is 1.78. The lowest BCUT2D eigenvalue weighted by atomic mass is 9.83. The van der Waals surface area contributed by atoms with Crippen LogP contribution in [0.4, 0.5) is 4.79 Å². The van der Waals surface area contributed by atoms with Crippen molar-refractivity contribution in [3.8, 4) is 0 Å². The van der Waals surface area contributed by atoms with Crippen molar-refractivity contribution in [3.05, 3.63) is 0 Å². The Morgan fingerprint density at radius 1 is 1.32 bits per heavy atom. The summed E-state index contributed by atoms with van der Waals surface area (Å²) in [6, 6.07) is 0. The highest BCUT2D eigenvalue weighted by molar-refractivity contribution is 9.10. The van der Waals surface area contributed by atoms with Crippen molar-refractivity contribution in [1.82, 2.24) is 10.2 Å². The van der Waals surface area contributed by atoms with Crippen LogP contribution in [0.5, 0.6) is 0 Å². The summed E-state index contributed by atoms with van der Waals surface area (Å²) in [5.74, 6) is 0.530. The third kappa shape index (κ3) is 4.61. The molecule has 0 spiro atoms. The van der Waals surface area contributed by atoms with Gasteiger partial charge in [0.15, 0.2) is 0 Å². The van der Waals surface area contributed by atoms with E-state index in [1.54, 1.807) is 0 Å². The third-order valence-electron chi connectivity index (χ3n) is 4.27. The molecule has 1 aliphatic heterocycles. The molecule has 1 saturated heterocycles. The van der Waals surface area contributed by atoms with Gasteiger partial charge in [0.05, 0.1) is 0 Å². The minimum atomic E-state index is -0.481. The molecule has 126 valence electrons. The van der Waals surface area contributed by atoms with Gasteiger partial charge < -0.3 is 15.0 Å². The van der Waals surface area contributed by atoms with Crippen LogP contribution in [0.2, 0.25) is 0 Å². The molecule has 0 aromatic carbocycles. The van der Waals surface area contributed by atoms with Crippen LogP contribution >= 0.6 is 15.9 Å². The van der Waals surface area contributed by atoms with Crippen molar-refractivity contribution in [2.75, 3.05) is 19.6 Å². The van der Waals surface area contributed by atoms with Crippen molar-refractivity contribution in [1.29, 1.82) is 0 Å². The average molecular weight is 375 g/mol. The normalized spacial score (nSPS) is 24.4. The fraction of sp³-hybridized carbons (Fsp3) is 0.875. The van der Waals surface area contributed by atoms with E-state index in [-0.39, 0.29) is 16.3 Å². The summed E-state index contributed by atoms with van der Waals surface area (Å²) in [5.41, 5.74) is -0.481. The van der Waals surface area contributed by atoms with Gasteiger partial charge in [-0.15, -0.1) is 0 Å². The quantitative estimate of drug-likeness (QED) is 0.772. The minimum absolute atomic E-state index is 0.223. The van der Waals surface area contributed by atoms with Gasteiger partial charge in [-0.3, -0.25) is 4.79 Å². The van der Waals surface area contributed by atoms with Gasteiger partial charge in [0.1, 0.15) is 9.93 Å². The summed E-state index contributed by atoms with van der Waals surface area (Å²) in [6.45, 7) is 7.66. The SMILES string of the molecule is CC(C)(C)OC(=O)NC[C@@H]1CCCN(C(=O)C2(Br)CCC2)C1. The molecule has 1 atom stereocenters. The van der Waals surface area contributed by atoms with Crippen LogP contribution in [0.25, 0.3) is 0 Å². The number of halogens is 1. The van der Waals surface area contributed by atoms with Crippen LogP contribution < -0.4 is 5.32 Å². The molecule has 2 aliphatic rings. The number of alkyl halides is 1. The second kappa shape index (κ2) is 6.77. The lowest BCUT2D eigenvalue weighted by Gasteiger charge is -2.42. The predicted molar refractivity (Wildman–Crippen MR) is 89.0 cm³/mol. The van der Waals surface area contributed by atoms with E-state index in [2.05, 4.69) is 21.2 Å². The molecule has 2 rings (SSSR count). The van der Waals surface area contributed by atoms with Crippen LogP contribution in [0.1, 0.15) is 52.9 Å². The first kappa shape index (κ1) is 17.6. The second-order valence-corrected chi connectivity index (χ2v) is 8.98. The zero-order valence-electron chi connectivity index (χ0n) is 13.8. The van der Waals surface area contributed by atoms with Gasteiger partial charge >= 0.3 is 6.09 Å². The van der Waals surface area contributed by atoms with E-state index in [0.29, 0.717) is 12.5 Å². The number of carbonyl (C=O) groups excluding carboxylic acids is 2. The van der Waals surface area contributed by atoms with Gasteiger partial charge in [-0.25, -0.2) is 4.79 Å². The van der Waals surface area contributed by atoms with Gasteiger partial charge in [0, 0.05) is 19.6 Å². The summed E-state index contributed by atoms with van der Waals surface area (Å²) in [4.78, 5) is 26.2. The summed E-state index contributed by atoms with van der Waals surface area (Å²) in [7, 11) is 0. The molecule has 1 N–H and O–H groups in total. The maximum atomic E-state index is 12.5. The number of alkyl carbamates (subject to hydrolysis) is 1. The molecule has 0 aromatic rings. The first-order chi connectivity index (χ1) is 10.2. The zero-order valence-corrected chi connectivity index (χ0v) is 15.4. The van der Waals surface area contributed by atoms with E-state index >= 15 is 0 Å². The third-order valence-corrected chi connectivity index (χ3v) is 5.40. The number of nitrogens with zero attached hydrogens (tertiary/aromatic N) is 1. The molecule has 0 aromatic heterocycles. The van der Waals surface area contributed by atoms with Crippen LogP contribution in [0.3, 0.4) is 0 Å². The van der Waals surface area contributed by atoms with Gasteiger partial charge in [-0.2, -0.15) is 0 Å². The molecule has 2 fully saturated rings. The summed E-state index contributed by atoms with van der Waals surface area (Å²) < 4.78 is 4.93. The number of hydrogen-bond acceptors (Lipinski definition) is 3. The van der Waals surface area contributed by atoms with E-state index in [0.717, 1.165) is 45.2 Å². The highest BCUT2D eigenvalue weighted by atomic mass is 79.9. The first-order valence-corrected chi connectivity index (χ1v) is 8.94. The Hall–Kier alpha value is -0.780. The molecule has 22 heavy (non-hydrogen) atoms. The maximum Gasteiger partial charge on any atom is 0.407 e. The Morgan fingerprint density at radius 3 is 2.55 bits per heavy atom. The van der Waals surface area contributed by atoms with Crippen molar-refractivity contribution in [3.63, 3.8) is 0 Å². The fourth-order valence-electron chi connectivity index (χ4n) is 2.94. The molecule has 0 unspecified atom stereocenters. The predicted octanol–water partition coefficient (Wildman–Crippen LogP) is 3.07. The van der Waals surface area contributed by atoms with Crippen LogP contribution in [0.15, 0.2) is 0 Å². The van der Waals surface area contributed by atoms with E-state index < -0.39 is 5.60 Å². The van der Waals surface area contributed by atoms with Gasteiger partial charge in [-0.1, -0.05) is 15.9 Å². The van der Waals surface area contributed by atoms with Crippen molar-refractivity contribution in [2.45, 2.75) is 62.8 Å². The molecule has 6 heteroatoms. The first-order valence-electron chi connectivity index (χ1n) is 8.15. The molecular formula is C16H27BrN2O3. The molecule has 1 saturated carbocycles. The Kier molecular flexibility index (Phi) is 5.41. The Labute approximate surface area is 141 Å². The van der Waals surface area contributed by atoms with E-state index in [4.69, 9.17) is 4.74 Å². The van der Waals surface area contributed by atoms with Crippen LogP contribution in [-0.2, 0) is 9.53 Å². The van der Waals surface area contributed by atoms with E-state index in [1.807, 2.05) is 25.7 Å². The highest BCUT2D eigenvalue weighted by Gasteiger charge is 2.44. The Bertz CT molecular complexity index is 430. The van der Waals surface area contributed by atoms with Gasteiger partial charge in [0.25, 0.3) is 0 Å². The highest BCUT2D eigenvalue weighted by Crippen LogP contribution is 2.42. The van der Waals surface area contributed by atoms with Gasteiger partial charge in [0.2, 0.25) is 5.91 Å². The number of likely N-dealkylation sites (tertiary alicyclic amines) is 1. The molecule has 0 radical (unpaired) electrons. The lowest BCUT2D eigenvalue weighted by molar-refractivity contribution is -0.137. The topological polar surface area (TPSA) is 58.6 Å². The summed E-state index contributed by atoms with van der Waals surface area (Å²) in [5, 5.41) is 2.82. The standard InChI is InChI=1S/C16H27BrN2O3/c1-15(2,3)22-14(21)18-10-12-6-4-9-19(11-12)13(20)16(17)7-5-8-16/h12H,4-11H2,1-3H3,(H,18,21)/t12-/m0/s1. The monoisotopic (exact) mass is 374 g/mol. The second-order valence-electron chi connectivity index (χ2n) is 7.46. The fourth-order valence-corrected chi connectivity index (χ4v) is 3.75. The molecule has 1 aliphatic carbocycles. The Morgan fingerprint density at radius 2 is 2.00 bits per heavy atom. The van der Waals surface area contributed by atoms with Crippen molar-refractivity contribution < 1.29 is 14.3 Å². The van der Waals surface area contributed by atoms with Crippen molar-refractivity contribution in [2.24, 2.45) is 5.92 Å². The molecule has 5 nitrogen and oxygen atoms in total. The maximum absolute atomic E-state index is 12.5. The number of hydrogen-bond donors (Lipinski definition) is 1. The van der Waals surface area contributed by atoms with Crippen LogP contribution in [0, 0.1) is 5.92 Å². The number of rotatable bonds is 3. The number of amides is 2. The molecule has 1 heterocycles. The number of carbonyl (C=O) groups is 2. The largest absolute Gasteiger partial charge is 0.444 e. The number of piperidine rings is 1. The smallest absolute Gasteiger partial charge is 0.407 e. The van der Waals surface area contributed by atoms with Gasteiger partial charge in [-0.05, 0) is 58.8 Å². The number of ether oxygens (including phenoxy) is 1. The summed E-state index contributed by atoms with van der Waals surface area (Å²) >= 11 is 3.60. The average Bonchev–Trinajstić information content (AvgIpc) is 2.40. The minimum Gasteiger partial charge on any atom is -0.444 e. The number of nitrogens with one attached hydrogen (secondary N) is 1. The van der Waals surface area contributed by atoms with Crippen LogP contribution in [-0.4, -0.2) is 46.5 Å².